The van der Waals surface area contributed by atoms with Crippen LogP contribution in [0, 0.1) is 0 Å². The number of anilines is 2. The summed E-state index contributed by atoms with van der Waals surface area (Å²) < 4.78 is 1.70. The summed E-state index contributed by atoms with van der Waals surface area (Å²) in [5, 5.41) is 16.0. The molecule has 0 bridgehead atoms. The van der Waals surface area contributed by atoms with Gasteiger partial charge in [-0.05, 0) is 12.1 Å². The molecular weight excluding hydrogens is 234 g/mol. The Bertz CT molecular complexity index is 579. The molecule has 0 spiro atoms. The van der Waals surface area contributed by atoms with Gasteiger partial charge in [-0.2, -0.15) is 5.10 Å². The van der Waals surface area contributed by atoms with Gasteiger partial charge in [-0.25, -0.2) is 9.78 Å². The van der Waals surface area contributed by atoms with Crippen molar-refractivity contribution in [2.45, 2.75) is 6.54 Å². The Morgan fingerprint density at radius 2 is 2.39 bits per heavy atom. The monoisotopic (exact) mass is 247 g/mol. The molecule has 94 valence electrons. The van der Waals surface area contributed by atoms with Gasteiger partial charge in [0.1, 0.15) is 5.82 Å². The number of nitrogens with one attached hydrogen (secondary N) is 1. The Balaban J connectivity index is 2.08. The Morgan fingerprint density at radius 1 is 1.61 bits per heavy atom. The van der Waals surface area contributed by atoms with Crippen molar-refractivity contribution >= 4 is 17.5 Å². The Kier molecular flexibility index (Phi) is 3.13. The van der Waals surface area contributed by atoms with E-state index < -0.39 is 5.97 Å². The standard InChI is InChI=1S/C11H13N5O2/c1-16-3-2-8(15-16)6-14-10-9(12)4-7(5-13-10)11(17)18/h2-5H,6,12H2,1H3,(H,13,14)(H,17,18). The molecule has 2 rings (SSSR count). The number of aryl methyl sites for hydroxylation is 1. The highest BCUT2D eigenvalue weighted by molar-refractivity contribution is 5.89. The van der Waals surface area contributed by atoms with Crippen LogP contribution in [0.3, 0.4) is 0 Å². The zero-order valence-corrected chi connectivity index (χ0v) is 9.79. The van der Waals surface area contributed by atoms with E-state index in [9.17, 15) is 4.79 Å². The van der Waals surface area contributed by atoms with Crippen molar-refractivity contribution in [1.82, 2.24) is 14.8 Å². The lowest BCUT2D eigenvalue weighted by molar-refractivity contribution is 0.0696. The van der Waals surface area contributed by atoms with Crippen molar-refractivity contribution in [3.05, 3.63) is 35.8 Å². The number of nitrogens with two attached hydrogens (primary N) is 1. The number of pyridine rings is 1. The van der Waals surface area contributed by atoms with Gasteiger partial charge < -0.3 is 16.2 Å². The molecule has 2 heterocycles. The first-order valence-electron chi connectivity index (χ1n) is 5.27. The van der Waals surface area contributed by atoms with E-state index in [1.165, 1.54) is 12.3 Å². The maximum Gasteiger partial charge on any atom is 0.337 e. The van der Waals surface area contributed by atoms with E-state index in [1.54, 1.807) is 4.68 Å². The number of aromatic carboxylic acids is 1. The van der Waals surface area contributed by atoms with Crippen LogP contribution >= 0.6 is 0 Å². The quantitative estimate of drug-likeness (QED) is 0.734. The van der Waals surface area contributed by atoms with E-state index in [0.717, 1.165) is 5.69 Å². The van der Waals surface area contributed by atoms with Crippen molar-refractivity contribution < 1.29 is 9.90 Å². The SMILES string of the molecule is Cn1ccc(CNc2ncc(C(=O)O)cc2N)n1. The van der Waals surface area contributed by atoms with Crippen LogP contribution in [0.25, 0.3) is 0 Å². The number of carbonyl (C=O) groups is 1. The summed E-state index contributed by atoms with van der Waals surface area (Å²) in [7, 11) is 1.83. The first kappa shape index (κ1) is 11.9. The molecule has 7 heteroatoms. The van der Waals surface area contributed by atoms with Crippen molar-refractivity contribution in [2.24, 2.45) is 7.05 Å². The minimum atomic E-state index is -1.05. The van der Waals surface area contributed by atoms with Crippen LogP contribution < -0.4 is 11.1 Å². The second-order valence-corrected chi connectivity index (χ2v) is 3.80. The minimum Gasteiger partial charge on any atom is -0.478 e. The fourth-order valence-electron chi connectivity index (χ4n) is 1.48. The summed E-state index contributed by atoms with van der Waals surface area (Å²) in [5.41, 5.74) is 6.93. The van der Waals surface area contributed by atoms with Crippen molar-refractivity contribution in [1.29, 1.82) is 0 Å². The second kappa shape index (κ2) is 4.74. The zero-order chi connectivity index (χ0) is 13.1. The van der Waals surface area contributed by atoms with Crippen molar-refractivity contribution in [3.8, 4) is 0 Å². The number of carboxylic acids is 1. The van der Waals surface area contributed by atoms with E-state index in [-0.39, 0.29) is 5.56 Å². The van der Waals surface area contributed by atoms with E-state index in [1.807, 2.05) is 19.3 Å². The summed E-state index contributed by atoms with van der Waals surface area (Å²) in [4.78, 5) is 14.7. The number of carboxylic acid groups (broad SMARTS) is 1. The molecule has 2 aromatic rings. The van der Waals surface area contributed by atoms with Gasteiger partial charge in [-0.15, -0.1) is 0 Å². The molecule has 0 atom stereocenters. The summed E-state index contributed by atoms with van der Waals surface area (Å²) >= 11 is 0. The van der Waals surface area contributed by atoms with Crippen molar-refractivity contribution in [2.75, 3.05) is 11.1 Å². The number of hydrogen-bond acceptors (Lipinski definition) is 5. The van der Waals surface area contributed by atoms with Crippen LogP contribution in [0.2, 0.25) is 0 Å². The highest BCUT2D eigenvalue weighted by Crippen LogP contribution is 2.17. The van der Waals surface area contributed by atoms with Gasteiger partial charge in [0.2, 0.25) is 0 Å². The molecule has 18 heavy (non-hydrogen) atoms. The van der Waals surface area contributed by atoms with Gasteiger partial charge >= 0.3 is 5.97 Å². The number of hydrogen-bond donors (Lipinski definition) is 3. The zero-order valence-electron chi connectivity index (χ0n) is 9.79. The second-order valence-electron chi connectivity index (χ2n) is 3.80. The molecule has 0 aromatic carbocycles. The highest BCUT2D eigenvalue weighted by atomic mass is 16.4. The van der Waals surface area contributed by atoms with Gasteiger partial charge in [0.25, 0.3) is 0 Å². The fraction of sp³-hybridized carbons (Fsp3) is 0.182. The summed E-state index contributed by atoms with van der Waals surface area (Å²) in [5.74, 6) is -0.601. The van der Waals surface area contributed by atoms with Gasteiger partial charge in [0, 0.05) is 19.4 Å². The molecule has 0 amide bonds. The van der Waals surface area contributed by atoms with Gasteiger partial charge in [-0.1, -0.05) is 0 Å². The van der Waals surface area contributed by atoms with E-state index in [0.29, 0.717) is 18.1 Å². The maximum absolute atomic E-state index is 10.7. The molecular formula is C11H13N5O2. The van der Waals surface area contributed by atoms with Crippen LogP contribution in [0.1, 0.15) is 16.1 Å². The number of nitrogen functional groups attached to an aromatic ring is 1. The Labute approximate surface area is 103 Å². The molecule has 0 radical (unpaired) electrons. The molecule has 0 saturated heterocycles. The third-order valence-electron chi connectivity index (χ3n) is 2.37. The third-order valence-corrected chi connectivity index (χ3v) is 2.37. The van der Waals surface area contributed by atoms with Crippen LogP contribution in [0.15, 0.2) is 24.5 Å². The van der Waals surface area contributed by atoms with Crippen LogP contribution in [-0.2, 0) is 13.6 Å². The third kappa shape index (κ3) is 2.57. The highest BCUT2D eigenvalue weighted by Gasteiger charge is 2.07. The fourth-order valence-corrected chi connectivity index (χ4v) is 1.48. The maximum atomic E-state index is 10.7. The van der Waals surface area contributed by atoms with Crippen LogP contribution in [-0.4, -0.2) is 25.8 Å². The Hall–Kier alpha value is -2.57. The van der Waals surface area contributed by atoms with Crippen LogP contribution in [0.5, 0.6) is 0 Å². The number of rotatable bonds is 4. The van der Waals surface area contributed by atoms with Gasteiger partial charge in [0.05, 0.1) is 23.5 Å². The first-order chi connectivity index (χ1) is 8.56. The Morgan fingerprint density at radius 3 is 2.94 bits per heavy atom. The average molecular weight is 247 g/mol. The molecule has 0 aliphatic heterocycles. The molecule has 0 saturated carbocycles. The average Bonchev–Trinajstić information content (AvgIpc) is 2.73. The molecule has 7 nitrogen and oxygen atoms in total. The predicted octanol–water partition coefficient (Wildman–Crippen LogP) is 0.708. The number of aromatic nitrogens is 3. The lowest BCUT2D eigenvalue weighted by Crippen LogP contribution is -2.07. The topological polar surface area (TPSA) is 106 Å². The van der Waals surface area contributed by atoms with Crippen LogP contribution in [0.4, 0.5) is 11.5 Å². The predicted molar refractivity (Wildman–Crippen MR) is 66.1 cm³/mol. The normalized spacial score (nSPS) is 10.3. The summed E-state index contributed by atoms with van der Waals surface area (Å²) in [6.07, 6.45) is 3.10. The van der Waals surface area contributed by atoms with Crippen molar-refractivity contribution in [3.63, 3.8) is 0 Å². The van der Waals surface area contributed by atoms with E-state index in [2.05, 4.69) is 15.4 Å². The lowest BCUT2D eigenvalue weighted by Gasteiger charge is -2.07. The molecule has 0 unspecified atom stereocenters. The first-order valence-corrected chi connectivity index (χ1v) is 5.27. The summed E-state index contributed by atoms with van der Waals surface area (Å²) in [6, 6.07) is 3.24. The van der Waals surface area contributed by atoms with Gasteiger partial charge in [-0.3, -0.25) is 4.68 Å². The molecule has 0 aliphatic rings. The van der Waals surface area contributed by atoms with E-state index in [4.69, 9.17) is 10.8 Å². The summed E-state index contributed by atoms with van der Waals surface area (Å²) in [6.45, 7) is 0.477. The molecule has 0 fully saturated rings. The minimum absolute atomic E-state index is 0.0656. The molecule has 2 aromatic heterocycles. The molecule has 4 N–H and O–H groups in total. The largest absolute Gasteiger partial charge is 0.478 e. The number of nitrogens with zero attached hydrogens (tertiary/aromatic N) is 3. The molecule has 0 aliphatic carbocycles. The van der Waals surface area contributed by atoms with Gasteiger partial charge in [0.15, 0.2) is 0 Å². The van der Waals surface area contributed by atoms with E-state index >= 15 is 0 Å². The lowest BCUT2D eigenvalue weighted by atomic mass is 10.2. The smallest absolute Gasteiger partial charge is 0.337 e.